The van der Waals surface area contributed by atoms with Crippen LogP contribution in [0.2, 0.25) is 10.2 Å². The Morgan fingerprint density at radius 3 is 2.60 bits per heavy atom. The first-order valence-electron chi connectivity index (χ1n) is 5.34. The average molecular weight is 312 g/mol. The Balaban J connectivity index is 2.25. The van der Waals surface area contributed by atoms with Crippen LogP contribution in [-0.4, -0.2) is 15.8 Å². The quantitative estimate of drug-likeness (QED) is 0.533. The second-order valence-corrected chi connectivity index (χ2v) is 4.54. The Kier molecular flexibility index (Phi) is 4.16. The highest BCUT2D eigenvalue weighted by Gasteiger charge is 2.13. The zero-order chi connectivity index (χ0) is 14.7. The minimum Gasteiger partial charge on any atom is -0.320 e. The number of nitrogens with zero attached hydrogens (tertiary/aromatic N) is 2. The second-order valence-electron chi connectivity index (χ2n) is 3.74. The van der Waals surface area contributed by atoms with Crippen molar-refractivity contribution in [2.75, 3.05) is 5.32 Å². The lowest BCUT2D eigenvalue weighted by atomic mass is 10.2. The number of nitrogens with one attached hydrogen (secondary N) is 1. The van der Waals surface area contributed by atoms with Crippen molar-refractivity contribution < 1.29 is 9.72 Å². The summed E-state index contributed by atoms with van der Waals surface area (Å²) in [6.07, 6.45) is 1.29. The van der Waals surface area contributed by atoms with E-state index in [0.29, 0.717) is 0 Å². The third-order valence-electron chi connectivity index (χ3n) is 2.40. The first-order chi connectivity index (χ1) is 9.47. The molecule has 0 aliphatic heterocycles. The van der Waals surface area contributed by atoms with Crippen molar-refractivity contribution in [2.45, 2.75) is 0 Å². The number of halogens is 2. The van der Waals surface area contributed by atoms with E-state index in [-0.39, 0.29) is 27.1 Å². The molecule has 0 fully saturated rings. The monoisotopic (exact) mass is 311 g/mol. The van der Waals surface area contributed by atoms with Gasteiger partial charge in [-0.1, -0.05) is 23.2 Å². The molecule has 0 radical (unpaired) electrons. The molecule has 2 aromatic rings. The first-order valence-corrected chi connectivity index (χ1v) is 6.10. The van der Waals surface area contributed by atoms with Crippen LogP contribution in [0.4, 0.5) is 11.4 Å². The van der Waals surface area contributed by atoms with Crippen LogP contribution in [0.15, 0.2) is 36.5 Å². The Bertz CT molecular complexity index is 674. The van der Waals surface area contributed by atoms with Gasteiger partial charge in [0, 0.05) is 18.3 Å². The van der Waals surface area contributed by atoms with Crippen molar-refractivity contribution in [2.24, 2.45) is 0 Å². The van der Waals surface area contributed by atoms with Crippen LogP contribution in [-0.2, 0) is 0 Å². The van der Waals surface area contributed by atoms with Gasteiger partial charge in [-0.2, -0.15) is 0 Å². The first kappa shape index (κ1) is 14.2. The molecule has 0 bridgehead atoms. The van der Waals surface area contributed by atoms with Gasteiger partial charge in [-0.25, -0.2) is 4.98 Å². The number of hydrogen-bond acceptors (Lipinski definition) is 4. The lowest BCUT2D eigenvalue weighted by Gasteiger charge is -2.06. The molecule has 0 atom stereocenters. The summed E-state index contributed by atoms with van der Waals surface area (Å²) >= 11 is 11.5. The molecule has 2 rings (SSSR count). The van der Waals surface area contributed by atoms with Crippen molar-refractivity contribution >= 4 is 40.5 Å². The molecule has 1 amide bonds. The molecule has 0 aliphatic carbocycles. The van der Waals surface area contributed by atoms with Crippen LogP contribution >= 0.6 is 23.2 Å². The normalized spacial score (nSPS) is 10.1. The molecule has 1 aromatic heterocycles. The second kappa shape index (κ2) is 5.85. The van der Waals surface area contributed by atoms with Gasteiger partial charge in [0.15, 0.2) is 0 Å². The molecule has 6 nitrogen and oxygen atoms in total. The fraction of sp³-hybridized carbons (Fsp3) is 0. The van der Waals surface area contributed by atoms with Gasteiger partial charge < -0.3 is 5.32 Å². The molecule has 102 valence electrons. The predicted octanol–water partition coefficient (Wildman–Crippen LogP) is 3.55. The number of anilines is 1. The van der Waals surface area contributed by atoms with E-state index in [2.05, 4.69) is 10.3 Å². The summed E-state index contributed by atoms with van der Waals surface area (Å²) in [7, 11) is 0. The van der Waals surface area contributed by atoms with E-state index in [1.54, 1.807) is 0 Å². The number of amides is 1. The highest BCUT2D eigenvalue weighted by Crippen LogP contribution is 2.27. The summed E-state index contributed by atoms with van der Waals surface area (Å²) in [5.74, 6) is -0.489. The largest absolute Gasteiger partial charge is 0.320 e. The van der Waals surface area contributed by atoms with Crippen LogP contribution < -0.4 is 5.32 Å². The van der Waals surface area contributed by atoms with Gasteiger partial charge in [-0.3, -0.25) is 14.9 Å². The van der Waals surface area contributed by atoms with Gasteiger partial charge in [0.1, 0.15) is 5.15 Å². The molecule has 0 aliphatic rings. The number of carbonyl (C=O) groups is 1. The summed E-state index contributed by atoms with van der Waals surface area (Å²) in [6, 6.07) is 6.72. The van der Waals surface area contributed by atoms with Gasteiger partial charge in [0.25, 0.3) is 11.6 Å². The van der Waals surface area contributed by atoms with Crippen LogP contribution in [0.5, 0.6) is 0 Å². The number of carbonyl (C=O) groups excluding carboxylic acids is 1. The minimum atomic E-state index is -0.574. The number of pyridine rings is 1. The molecular formula is C12H7Cl2N3O3. The molecular weight excluding hydrogens is 305 g/mol. The van der Waals surface area contributed by atoms with E-state index in [1.165, 1.54) is 36.5 Å². The van der Waals surface area contributed by atoms with E-state index < -0.39 is 10.8 Å². The number of nitro benzene ring substituents is 1. The number of hydrogen-bond donors (Lipinski definition) is 1. The molecule has 1 N–H and O–H groups in total. The fourth-order valence-electron chi connectivity index (χ4n) is 1.43. The third kappa shape index (κ3) is 3.23. The van der Waals surface area contributed by atoms with E-state index in [4.69, 9.17) is 23.2 Å². The molecule has 1 aromatic carbocycles. The molecule has 0 saturated carbocycles. The molecule has 8 heteroatoms. The number of aromatic nitrogens is 1. The van der Waals surface area contributed by atoms with Gasteiger partial charge in [-0.15, -0.1) is 0 Å². The topological polar surface area (TPSA) is 85.1 Å². The summed E-state index contributed by atoms with van der Waals surface area (Å²) in [5, 5.41) is 13.6. The van der Waals surface area contributed by atoms with Crippen molar-refractivity contribution in [1.29, 1.82) is 0 Å². The maximum Gasteiger partial charge on any atom is 0.271 e. The SMILES string of the molecule is O=C(Nc1cc([N+](=O)[O-])ccc1Cl)c1ccc(Cl)nc1. The van der Waals surface area contributed by atoms with Crippen molar-refractivity contribution in [3.05, 3.63) is 62.4 Å². The summed E-state index contributed by atoms with van der Waals surface area (Å²) in [4.78, 5) is 25.8. The van der Waals surface area contributed by atoms with Crippen LogP contribution in [0.1, 0.15) is 10.4 Å². The van der Waals surface area contributed by atoms with E-state index in [1.807, 2.05) is 0 Å². The average Bonchev–Trinajstić information content (AvgIpc) is 2.41. The molecule has 0 unspecified atom stereocenters. The van der Waals surface area contributed by atoms with Crippen molar-refractivity contribution in [3.63, 3.8) is 0 Å². The zero-order valence-electron chi connectivity index (χ0n) is 9.84. The van der Waals surface area contributed by atoms with E-state index in [0.717, 1.165) is 0 Å². The van der Waals surface area contributed by atoms with Crippen LogP contribution in [0.3, 0.4) is 0 Å². The molecule has 0 spiro atoms. The fourth-order valence-corrected chi connectivity index (χ4v) is 1.70. The zero-order valence-corrected chi connectivity index (χ0v) is 11.4. The number of non-ortho nitro benzene ring substituents is 1. The lowest BCUT2D eigenvalue weighted by molar-refractivity contribution is -0.384. The molecule has 0 saturated heterocycles. The number of benzene rings is 1. The third-order valence-corrected chi connectivity index (χ3v) is 2.95. The maximum atomic E-state index is 11.9. The van der Waals surface area contributed by atoms with E-state index >= 15 is 0 Å². The standard InChI is InChI=1S/C12H7Cl2N3O3/c13-9-3-2-8(17(19)20)5-10(9)16-12(18)7-1-4-11(14)15-6-7/h1-6H,(H,16,18). The van der Waals surface area contributed by atoms with Gasteiger partial charge >= 0.3 is 0 Å². The Labute approximate surface area is 123 Å². The minimum absolute atomic E-state index is 0.154. The predicted molar refractivity (Wildman–Crippen MR) is 75.3 cm³/mol. The molecule has 20 heavy (non-hydrogen) atoms. The Hall–Kier alpha value is -2.18. The van der Waals surface area contributed by atoms with Crippen molar-refractivity contribution in [1.82, 2.24) is 4.98 Å². The maximum absolute atomic E-state index is 11.9. The van der Waals surface area contributed by atoms with Gasteiger partial charge in [0.05, 0.1) is 21.2 Å². The summed E-state index contributed by atoms with van der Waals surface area (Å²) < 4.78 is 0. The Morgan fingerprint density at radius 1 is 1.25 bits per heavy atom. The number of rotatable bonds is 3. The molecule has 1 heterocycles. The van der Waals surface area contributed by atoms with Gasteiger partial charge in [-0.05, 0) is 18.2 Å². The van der Waals surface area contributed by atoms with Crippen LogP contribution in [0.25, 0.3) is 0 Å². The lowest BCUT2D eigenvalue weighted by Crippen LogP contribution is -2.12. The summed E-state index contributed by atoms with van der Waals surface area (Å²) in [6.45, 7) is 0. The smallest absolute Gasteiger partial charge is 0.271 e. The van der Waals surface area contributed by atoms with E-state index in [9.17, 15) is 14.9 Å². The number of nitro groups is 1. The van der Waals surface area contributed by atoms with Crippen LogP contribution in [0, 0.1) is 10.1 Å². The Morgan fingerprint density at radius 2 is 2.00 bits per heavy atom. The van der Waals surface area contributed by atoms with Crippen molar-refractivity contribution in [3.8, 4) is 0 Å². The summed E-state index contributed by atoms with van der Waals surface area (Å²) in [5.41, 5.74) is 0.247. The highest BCUT2D eigenvalue weighted by molar-refractivity contribution is 6.34. The van der Waals surface area contributed by atoms with Gasteiger partial charge in [0.2, 0.25) is 0 Å². The highest BCUT2D eigenvalue weighted by atomic mass is 35.5.